The molecule has 1 aromatic carbocycles. The fourth-order valence-electron chi connectivity index (χ4n) is 2.53. The quantitative estimate of drug-likeness (QED) is 0.617. The number of aliphatic imine (C=N–C) groups is 1. The fraction of sp³-hybridized carbons (Fsp3) is 0.375. The number of amides is 1. The number of nitrogens with zero attached hydrogens (tertiary/aromatic N) is 3. The van der Waals surface area contributed by atoms with Gasteiger partial charge in [0, 0.05) is 31.3 Å². The zero-order chi connectivity index (χ0) is 17.1. The summed E-state index contributed by atoms with van der Waals surface area (Å²) in [5.74, 6) is 0.273. The topological polar surface area (TPSA) is 35.9 Å². The summed E-state index contributed by atoms with van der Waals surface area (Å²) in [6.45, 7) is 7.15. The molecule has 0 radical (unpaired) electrons. The molecule has 0 spiro atoms. The van der Waals surface area contributed by atoms with Crippen molar-refractivity contribution in [3.05, 3.63) is 29.5 Å². The summed E-state index contributed by atoms with van der Waals surface area (Å²) in [7, 11) is -1.00. The van der Waals surface area contributed by atoms with Crippen molar-refractivity contribution in [3.63, 3.8) is 0 Å². The van der Waals surface area contributed by atoms with Gasteiger partial charge in [0.1, 0.15) is 11.5 Å². The van der Waals surface area contributed by atoms with Gasteiger partial charge in [0.15, 0.2) is 0 Å². The molecule has 0 saturated carbocycles. The maximum atomic E-state index is 13.4. The summed E-state index contributed by atoms with van der Waals surface area (Å²) in [4.78, 5) is 19.6. The molecule has 0 saturated heterocycles. The van der Waals surface area contributed by atoms with Crippen LogP contribution in [0.1, 0.15) is 26.3 Å². The third-order valence-corrected chi connectivity index (χ3v) is 4.02. The number of carbonyl (C=O) groups excluding carboxylic acids is 1. The van der Waals surface area contributed by atoms with Gasteiger partial charge in [-0.15, -0.1) is 0 Å². The molecule has 0 aromatic heterocycles. The van der Waals surface area contributed by atoms with Crippen molar-refractivity contribution < 1.29 is 13.4 Å². The van der Waals surface area contributed by atoms with Crippen LogP contribution in [0.25, 0.3) is 6.08 Å². The molecule has 0 fully saturated rings. The summed E-state index contributed by atoms with van der Waals surface area (Å²) in [6.07, 6.45) is 1.43. The highest BCUT2D eigenvalue weighted by Gasteiger charge is 2.26. The van der Waals surface area contributed by atoms with Crippen molar-refractivity contribution in [2.45, 2.75) is 20.8 Å². The zero-order valence-electron chi connectivity index (χ0n) is 13.8. The summed E-state index contributed by atoms with van der Waals surface area (Å²) in [5.41, 5.74) is 1.17. The average molecular weight is 319 g/mol. The predicted molar refractivity (Wildman–Crippen MR) is 91.5 cm³/mol. The van der Waals surface area contributed by atoms with E-state index < -0.39 is 7.27 Å². The van der Waals surface area contributed by atoms with Crippen LogP contribution in [-0.2, 0) is 4.79 Å². The molecule has 0 unspecified atom stereocenters. The smallest absolute Gasteiger partial charge is 0.372 e. The summed E-state index contributed by atoms with van der Waals surface area (Å²) >= 11 is 0. The van der Waals surface area contributed by atoms with E-state index in [0.717, 1.165) is 18.8 Å². The van der Waals surface area contributed by atoms with E-state index in [2.05, 4.69) is 4.99 Å². The van der Waals surface area contributed by atoms with E-state index in [4.69, 9.17) is 0 Å². The molecular formula is C16H20BF2N3O. The third kappa shape index (κ3) is 3.43. The van der Waals surface area contributed by atoms with Gasteiger partial charge in [0.25, 0.3) is 5.91 Å². The lowest BCUT2D eigenvalue weighted by Crippen LogP contribution is -2.28. The van der Waals surface area contributed by atoms with Crippen LogP contribution < -0.4 is 10.4 Å². The average Bonchev–Trinajstić information content (AvgIpc) is 2.76. The maximum Gasteiger partial charge on any atom is 0.572 e. The Balaban J connectivity index is 2.46. The van der Waals surface area contributed by atoms with Crippen LogP contribution in [0, 0.1) is 0 Å². The van der Waals surface area contributed by atoms with Gasteiger partial charge in [-0.05, 0) is 44.5 Å². The van der Waals surface area contributed by atoms with E-state index in [9.17, 15) is 13.4 Å². The first-order valence-corrected chi connectivity index (χ1v) is 7.61. The van der Waals surface area contributed by atoms with Crippen molar-refractivity contribution in [2.24, 2.45) is 4.99 Å². The predicted octanol–water partition coefficient (Wildman–Crippen LogP) is 2.40. The fourth-order valence-corrected chi connectivity index (χ4v) is 2.53. The van der Waals surface area contributed by atoms with Crippen molar-refractivity contribution >= 4 is 36.2 Å². The largest absolute Gasteiger partial charge is 0.572 e. The number of benzene rings is 1. The second-order valence-corrected chi connectivity index (χ2v) is 5.34. The molecule has 1 amide bonds. The second kappa shape index (κ2) is 6.94. The standard InChI is InChI=1S/C16H20BF2N3O/c1-5-22(6-2)13-8-7-12(14(10-13)17(18)19)9-15-16(23)21(4)11(3)20-15/h7-10H,5-6H2,1-4H3/b15-9-. The Labute approximate surface area is 135 Å². The van der Waals surface area contributed by atoms with Crippen LogP contribution in [0.2, 0.25) is 0 Å². The minimum absolute atomic E-state index is 0.0860. The Morgan fingerprint density at radius 3 is 2.43 bits per heavy atom. The SMILES string of the molecule is CCN(CC)c1ccc(/C=C2\N=C(C)N(C)C2=O)c(B(F)F)c1. The van der Waals surface area contributed by atoms with E-state index >= 15 is 0 Å². The summed E-state index contributed by atoms with van der Waals surface area (Å²) in [6, 6.07) is 4.91. The molecule has 7 heteroatoms. The molecule has 0 aliphatic carbocycles. The van der Waals surface area contributed by atoms with Gasteiger partial charge in [0.05, 0.1) is 0 Å². The lowest BCUT2D eigenvalue weighted by Gasteiger charge is -2.22. The van der Waals surface area contributed by atoms with Crippen molar-refractivity contribution in [1.82, 2.24) is 4.90 Å². The van der Waals surface area contributed by atoms with Gasteiger partial charge in [-0.25, -0.2) is 4.99 Å². The Kier molecular flexibility index (Phi) is 5.18. The minimum Gasteiger partial charge on any atom is -0.372 e. The highest BCUT2D eigenvalue weighted by atomic mass is 19.2. The van der Waals surface area contributed by atoms with Gasteiger partial charge in [-0.3, -0.25) is 18.3 Å². The van der Waals surface area contributed by atoms with Crippen molar-refractivity contribution in [3.8, 4) is 0 Å². The molecule has 0 bridgehead atoms. The van der Waals surface area contributed by atoms with Crippen molar-refractivity contribution in [1.29, 1.82) is 0 Å². The number of rotatable bonds is 5. The Morgan fingerprint density at radius 2 is 1.96 bits per heavy atom. The van der Waals surface area contributed by atoms with Crippen LogP contribution >= 0.6 is 0 Å². The Hall–Kier alpha value is -2.18. The molecule has 2 rings (SSSR count). The van der Waals surface area contributed by atoms with Crippen LogP contribution in [0.5, 0.6) is 0 Å². The molecule has 4 nitrogen and oxygen atoms in total. The highest BCUT2D eigenvalue weighted by molar-refractivity contribution is 6.61. The monoisotopic (exact) mass is 319 g/mol. The minimum atomic E-state index is -2.61. The van der Waals surface area contributed by atoms with Gasteiger partial charge in [-0.2, -0.15) is 0 Å². The lowest BCUT2D eigenvalue weighted by molar-refractivity contribution is -0.121. The zero-order valence-corrected chi connectivity index (χ0v) is 13.8. The van der Waals surface area contributed by atoms with Crippen LogP contribution in [0.15, 0.2) is 28.9 Å². The number of likely N-dealkylation sites (N-methyl/N-ethyl adjacent to an activating group) is 1. The molecule has 0 N–H and O–H groups in total. The summed E-state index contributed by atoms with van der Waals surface area (Å²) in [5, 5.41) is 0. The first kappa shape index (κ1) is 17.2. The van der Waals surface area contributed by atoms with Gasteiger partial charge in [-0.1, -0.05) is 6.07 Å². The molecule has 1 heterocycles. The molecule has 23 heavy (non-hydrogen) atoms. The second-order valence-electron chi connectivity index (χ2n) is 5.34. The van der Waals surface area contributed by atoms with Gasteiger partial charge in [0.2, 0.25) is 0 Å². The number of carbonyl (C=O) groups is 1. The molecule has 1 aliphatic heterocycles. The van der Waals surface area contributed by atoms with Gasteiger partial charge >= 0.3 is 7.27 Å². The molecule has 0 atom stereocenters. The van der Waals surface area contributed by atoms with E-state index in [1.165, 1.54) is 17.0 Å². The number of halogens is 2. The van der Waals surface area contributed by atoms with Crippen LogP contribution in [0.3, 0.4) is 0 Å². The van der Waals surface area contributed by atoms with E-state index in [-0.39, 0.29) is 17.1 Å². The van der Waals surface area contributed by atoms with E-state index in [1.807, 2.05) is 18.7 Å². The number of amidine groups is 1. The normalized spacial score (nSPS) is 16.1. The summed E-state index contributed by atoms with van der Waals surface area (Å²) < 4.78 is 26.8. The first-order chi connectivity index (χ1) is 10.9. The molecule has 1 aliphatic rings. The first-order valence-electron chi connectivity index (χ1n) is 7.61. The van der Waals surface area contributed by atoms with Crippen LogP contribution in [-0.4, -0.2) is 44.0 Å². The van der Waals surface area contributed by atoms with Gasteiger partial charge < -0.3 is 4.90 Å². The number of hydrogen-bond acceptors (Lipinski definition) is 3. The molecular weight excluding hydrogens is 299 g/mol. The van der Waals surface area contributed by atoms with E-state index in [0.29, 0.717) is 11.4 Å². The third-order valence-electron chi connectivity index (χ3n) is 4.02. The molecule has 1 aromatic rings. The number of anilines is 1. The number of hydrogen-bond donors (Lipinski definition) is 0. The highest BCUT2D eigenvalue weighted by Crippen LogP contribution is 2.20. The maximum absolute atomic E-state index is 13.4. The lowest BCUT2D eigenvalue weighted by atomic mass is 9.81. The Bertz CT molecular complexity index is 669. The Morgan fingerprint density at radius 1 is 1.30 bits per heavy atom. The van der Waals surface area contributed by atoms with Crippen LogP contribution in [0.4, 0.5) is 14.3 Å². The van der Waals surface area contributed by atoms with E-state index in [1.54, 1.807) is 26.1 Å². The molecule has 122 valence electrons. The van der Waals surface area contributed by atoms with Crippen molar-refractivity contribution in [2.75, 3.05) is 25.0 Å².